The smallest absolute Gasteiger partial charge is 0.0570 e. The number of rotatable bonds is 1. The van der Waals surface area contributed by atoms with Gasteiger partial charge in [0.25, 0.3) is 0 Å². The third kappa shape index (κ3) is 0.812. The number of aromatic amines is 1. The maximum absolute atomic E-state index is 3.69. The molecular formula is C6H9N2+. The van der Waals surface area contributed by atoms with Crippen molar-refractivity contribution in [3.05, 3.63) is 18.0 Å². The van der Waals surface area contributed by atoms with Crippen molar-refractivity contribution in [1.29, 1.82) is 0 Å². The van der Waals surface area contributed by atoms with E-state index in [4.69, 9.17) is 0 Å². The number of H-pyrrole nitrogens is 1. The molecule has 0 radical (unpaired) electrons. The van der Waals surface area contributed by atoms with Gasteiger partial charge in [-0.05, 0) is 0 Å². The van der Waals surface area contributed by atoms with Crippen LogP contribution in [0.4, 0.5) is 0 Å². The first-order chi connectivity index (χ1) is 3.80. The fourth-order valence-electron chi connectivity index (χ4n) is 0.527. The Bertz CT molecular complexity index is 142. The molecule has 0 aliphatic carbocycles. The summed E-state index contributed by atoms with van der Waals surface area (Å²) in [4.78, 5) is 0. The van der Waals surface area contributed by atoms with Crippen LogP contribution in [0.15, 0.2) is 6.07 Å². The van der Waals surface area contributed by atoms with Crippen molar-refractivity contribution in [3.8, 4) is 0 Å². The Balaban J connectivity index is 2.77. The maximum Gasteiger partial charge on any atom is 0.351 e. The molecule has 1 aromatic heterocycles. The lowest BCUT2D eigenvalue weighted by Crippen LogP contribution is -1.95. The Labute approximate surface area is 48.9 Å². The van der Waals surface area contributed by atoms with Gasteiger partial charge in [0.1, 0.15) is 5.69 Å². The molecule has 0 saturated heterocycles. The zero-order valence-corrected chi connectivity index (χ0v) is 5.10. The first-order valence-electron chi connectivity index (χ1n) is 2.72. The second kappa shape index (κ2) is 1.87. The van der Waals surface area contributed by atoms with Gasteiger partial charge in [0, 0.05) is 5.92 Å². The fraction of sp³-hybridized carbons (Fsp3) is 0.500. The summed E-state index contributed by atoms with van der Waals surface area (Å²) in [5, 5.41) is 6.52. The molecule has 0 spiro atoms. The Hall–Kier alpha value is -0.970. The van der Waals surface area contributed by atoms with Crippen LogP contribution in [0.25, 0.3) is 0 Å². The van der Waals surface area contributed by atoms with Crippen LogP contribution in [0, 0.1) is 6.20 Å². The molecule has 0 amide bonds. The highest BCUT2D eigenvalue weighted by molar-refractivity contribution is 4.97. The lowest BCUT2D eigenvalue weighted by atomic mass is 10.1. The van der Waals surface area contributed by atoms with Gasteiger partial charge >= 0.3 is 6.20 Å². The molecule has 0 saturated carbocycles. The second-order valence-corrected chi connectivity index (χ2v) is 2.11. The third-order valence-corrected chi connectivity index (χ3v) is 1.09. The van der Waals surface area contributed by atoms with Crippen LogP contribution in [-0.4, -0.2) is 5.10 Å². The van der Waals surface area contributed by atoms with Crippen LogP contribution in [0.1, 0.15) is 25.5 Å². The Morgan fingerprint density at radius 3 is 2.75 bits per heavy atom. The Kier molecular flexibility index (Phi) is 1.21. The standard InChI is InChI=1S/C6H8N2/c1-5(2)6-3-4-7-8-6/h3,5H,1-2H3/p+1. The van der Waals surface area contributed by atoms with Gasteiger partial charge in [-0.2, -0.15) is 0 Å². The van der Waals surface area contributed by atoms with E-state index in [9.17, 15) is 0 Å². The van der Waals surface area contributed by atoms with E-state index in [2.05, 4.69) is 30.2 Å². The van der Waals surface area contributed by atoms with Crippen molar-refractivity contribution in [2.45, 2.75) is 19.8 Å². The fourth-order valence-corrected chi connectivity index (χ4v) is 0.527. The number of hydrogen-bond acceptors (Lipinski definition) is 0. The van der Waals surface area contributed by atoms with Crippen molar-refractivity contribution in [2.75, 3.05) is 0 Å². The van der Waals surface area contributed by atoms with Gasteiger partial charge in [0.2, 0.25) is 0 Å². The summed E-state index contributed by atoms with van der Waals surface area (Å²) in [5.74, 6) is 0.536. The maximum atomic E-state index is 3.69. The predicted octanol–water partition coefficient (Wildman–Crippen LogP) is 0.538. The van der Waals surface area contributed by atoms with E-state index in [-0.39, 0.29) is 0 Å². The van der Waals surface area contributed by atoms with Crippen molar-refractivity contribution >= 4 is 0 Å². The number of aromatic nitrogens is 2. The minimum Gasteiger partial charge on any atom is -0.0570 e. The van der Waals surface area contributed by atoms with Crippen molar-refractivity contribution in [2.24, 2.45) is 0 Å². The van der Waals surface area contributed by atoms with Crippen LogP contribution in [0.2, 0.25) is 0 Å². The molecule has 1 rings (SSSR count). The van der Waals surface area contributed by atoms with Crippen molar-refractivity contribution < 1.29 is 5.10 Å². The number of nitrogens with one attached hydrogen (secondary N) is 1. The normalized spacial score (nSPS) is 9.38. The average molecular weight is 109 g/mol. The van der Waals surface area contributed by atoms with E-state index < -0.39 is 0 Å². The molecule has 1 N–H and O–H groups in total. The third-order valence-electron chi connectivity index (χ3n) is 1.09. The van der Waals surface area contributed by atoms with Crippen LogP contribution >= 0.6 is 0 Å². The lowest BCUT2D eigenvalue weighted by Gasteiger charge is -1.90. The largest absolute Gasteiger partial charge is 0.351 e. The summed E-state index contributed by atoms with van der Waals surface area (Å²) >= 11 is 0. The van der Waals surface area contributed by atoms with Gasteiger partial charge in [-0.25, -0.2) is 0 Å². The zero-order chi connectivity index (χ0) is 5.98. The van der Waals surface area contributed by atoms with Crippen LogP contribution in [0.5, 0.6) is 0 Å². The molecule has 0 unspecified atom stereocenters. The number of nitrogens with zero attached hydrogens (tertiary/aromatic N) is 1. The zero-order valence-electron chi connectivity index (χ0n) is 5.10. The quantitative estimate of drug-likeness (QED) is 0.560. The van der Waals surface area contributed by atoms with E-state index >= 15 is 0 Å². The monoisotopic (exact) mass is 109 g/mol. The second-order valence-electron chi connectivity index (χ2n) is 2.11. The van der Waals surface area contributed by atoms with Gasteiger partial charge in [-0.15, -0.1) is 0 Å². The first kappa shape index (κ1) is 5.17. The lowest BCUT2D eigenvalue weighted by molar-refractivity contribution is -0.373. The Morgan fingerprint density at radius 2 is 2.50 bits per heavy atom. The van der Waals surface area contributed by atoms with E-state index in [0.29, 0.717) is 5.92 Å². The van der Waals surface area contributed by atoms with Crippen molar-refractivity contribution in [1.82, 2.24) is 5.10 Å². The molecule has 0 aliphatic rings. The molecule has 0 aliphatic heterocycles. The highest BCUT2D eigenvalue weighted by Crippen LogP contribution is 2.05. The first-order valence-corrected chi connectivity index (χ1v) is 2.72. The van der Waals surface area contributed by atoms with Gasteiger partial charge in [0.05, 0.1) is 11.2 Å². The molecular weight excluding hydrogens is 100 g/mol. The molecule has 8 heavy (non-hydrogen) atoms. The highest BCUT2D eigenvalue weighted by atomic mass is 15.0. The van der Waals surface area contributed by atoms with E-state index in [1.165, 1.54) is 0 Å². The van der Waals surface area contributed by atoms with Crippen LogP contribution in [0.3, 0.4) is 0 Å². The van der Waals surface area contributed by atoms with E-state index in [1.807, 2.05) is 6.07 Å². The molecule has 1 aromatic rings. The summed E-state index contributed by atoms with van der Waals surface area (Å²) < 4.78 is 0. The molecule has 0 bridgehead atoms. The molecule has 1 heterocycles. The molecule has 2 heteroatoms. The summed E-state index contributed by atoms with van der Waals surface area (Å²) in [6.45, 7) is 4.22. The molecule has 0 aromatic carbocycles. The Morgan fingerprint density at radius 1 is 1.75 bits per heavy atom. The number of hydrogen-bond donors (Lipinski definition) is 1. The molecule has 0 fully saturated rings. The van der Waals surface area contributed by atoms with E-state index in [0.717, 1.165) is 5.69 Å². The summed E-state index contributed by atoms with van der Waals surface area (Å²) in [6, 6.07) is 1.87. The van der Waals surface area contributed by atoms with Gasteiger partial charge in [-0.1, -0.05) is 18.9 Å². The van der Waals surface area contributed by atoms with Gasteiger partial charge in [0.15, 0.2) is 0 Å². The predicted molar refractivity (Wildman–Crippen MR) is 29.3 cm³/mol. The van der Waals surface area contributed by atoms with Crippen molar-refractivity contribution in [3.63, 3.8) is 0 Å². The van der Waals surface area contributed by atoms with Gasteiger partial charge in [-0.3, -0.25) is 0 Å². The minimum atomic E-state index is 0.536. The molecule has 0 atom stereocenters. The SMILES string of the molecule is CC(C)c1cc#[n+][nH]1. The summed E-state index contributed by atoms with van der Waals surface area (Å²) in [7, 11) is 0. The molecule has 42 valence electrons. The van der Waals surface area contributed by atoms with E-state index in [1.54, 1.807) is 0 Å². The topological polar surface area (TPSA) is 29.9 Å². The van der Waals surface area contributed by atoms with Gasteiger partial charge < -0.3 is 0 Å². The highest BCUT2D eigenvalue weighted by Gasteiger charge is 2.01. The minimum absolute atomic E-state index is 0.536. The summed E-state index contributed by atoms with van der Waals surface area (Å²) in [6.07, 6.45) is 2.71. The molecule has 2 nitrogen and oxygen atoms in total. The summed E-state index contributed by atoms with van der Waals surface area (Å²) in [5.41, 5.74) is 1.14. The van der Waals surface area contributed by atoms with Crippen LogP contribution < -0.4 is 5.10 Å². The average Bonchev–Trinajstić information content (AvgIpc) is 2.12. The van der Waals surface area contributed by atoms with Crippen LogP contribution in [-0.2, 0) is 0 Å².